The third-order valence-corrected chi connectivity index (χ3v) is 4.59. The predicted molar refractivity (Wildman–Crippen MR) is 102 cm³/mol. The summed E-state index contributed by atoms with van der Waals surface area (Å²) in [4.78, 5) is 16.6. The summed E-state index contributed by atoms with van der Waals surface area (Å²) in [6, 6.07) is 19.3. The third kappa shape index (κ3) is 4.44. The minimum Gasteiger partial charge on any atom is -0.455 e. The largest absolute Gasteiger partial charge is 0.455 e. The summed E-state index contributed by atoms with van der Waals surface area (Å²) in [7, 11) is 0. The van der Waals surface area contributed by atoms with Gasteiger partial charge in [0.1, 0.15) is 23.3 Å². The smallest absolute Gasteiger partial charge is 0.349 e. The number of hydrogen-bond donors (Lipinski definition) is 0. The molecule has 3 aromatic rings. The van der Waals surface area contributed by atoms with Gasteiger partial charge in [-0.25, -0.2) is 9.78 Å². The third-order valence-electron chi connectivity index (χ3n) is 3.65. The number of ether oxygens (including phenoxy) is 1. The molecule has 3 rings (SSSR count). The molecule has 1 heterocycles. The molecule has 0 bridgehead atoms. The Labute approximate surface area is 156 Å². The van der Waals surface area contributed by atoms with Gasteiger partial charge in [-0.2, -0.15) is 5.26 Å². The quantitative estimate of drug-likeness (QED) is 0.373. The summed E-state index contributed by atoms with van der Waals surface area (Å²) in [5.41, 5.74) is 3.54. The molecule has 0 aliphatic carbocycles. The van der Waals surface area contributed by atoms with Crippen LogP contribution in [-0.2, 0) is 16.1 Å². The average molecular weight is 360 g/mol. The van der Waals surface area contributed by atoms with Crippen LogP contribution in [0.1, 0.15) is 16.8 Å². The fraction of sp³-hybridized carbons (Fsp3) is 0.0952. The number of esters is 1. The number of benzene rings is 2. The van der Waals surface area contributed by atoms with Gasteiger partial charge in [0, 0.05) is 10.9 Å². The van der Waals surface area contributed by atoms with Crippen molar-refractivity contribution in [2.75, 3.05) is 0 Å². The summed E-state index contributed by atoms with van der Waals surface area (Å²) in [6.07, 6.45) is 1.53. The van der Waals surface area contributed by atoms with Crippen molar-refractivity contribution in [1.82, 2.24) is 4.98 Å². The van der Waals surface area contributed by atoms with Crippen LogP contribution in [-0.4, -0.2) is 11.0 Å². The molecule has 5 heteroatoms. The molecule has 0 radical (unpaired) electrons. The first-order valence-corrected chi connectivity index (χ1v) is 8.89. The predicted octanol–water partition coefficient (Wildman–Crippen LogP) is 4.77. The number of carbonyl (C=O) groups excluding carboxylic acids is 1. The maximum atomic E-state index is 12.2. The van der Waals surface area contributed by atoms with Gasteiger partial charge < -0.3 is 4.74 Å². The van der Waals surface area contributed by atoms with Crippen molar-refractivity contribution < 1.29 is 9.53 Å². The van der Waals surface area contributed by atoms with Crippen molar-refractivity contribution in [3.8, 4) is 16.6 Å². The summed E-state index contributed by atoms with van der Waals surface area (Å²) in [5.74, 6) is -0.651. The molecular formula is C21H16N2O2S. The molecule has 26 heavy (non-hydrogen) atoms. The Morgan fingerprint density at radius 2 is 1.92 bits per heavy atom. The topological polar surface area (TPSA) is 63.0 Å². The van der Waals surface area contributed by atoms with E-state index in [4.69, 9.17) is 4.74 Å². The zero-order valence-corrected chi connectivity index (χ0v) is 15.0. The first-order chi connectivity index (χ1) is 12.7. The van der Waals surface area contributed by atoms with Gasteiger partial charge in [-0.3, -0.25) is 0 Å². The van der Waals surface area contributed by atoms with Crippen molar-refractivity contribution in [3.63, 3.8) is 0 Å². The monoisotopic (exact) mass is 360 g/mol. The number of hydrogen-bond acceptors (Lipinski definition) is 5. The van der Waals surface area contributed by atoms with E-state index < -0.39 is 5.97 Å². The number of nitrogens with zero attached hydrogens (tertiary/aromatic N) is 2. The van der Waals surface area contributed by atoms with Crippen LogP contribution in [0.5, 0.6) is 0 Å². The number of aromatic nitrogens is 1. The fourth-order valence-electron chi connectivity index (χ4n) is 2.27. The zero-order valence-electron chi connectivity index (χ0n) is 14.2. The fourth-order valence-corrected chi connectivity index (χ4v) is 3.08. The first kappa shape index (κ1) is 17.6. The molecule has 0 saturated heterocycles. The van der Waals surface area contributed by atoms with E-state index >= 15 is 0 Å². The molecule has 0 fully saturated rings. The lowest BCUT2D eigenvalue weighted by Gasteiger charge is -2.02. The van der Waals surface area contributed by atoms with Crippen molar-refractivity contribution >= 4 is 23.4 Å². The lowest BCUT2D eigenvalue weighted by atomic mass is 10.1. The Kier molecular flexibility index (Phi) is 5.57. The second-order valence-corrected chi connectivity index (χ2v) is 6.52. The van der Waals surface area contributed by atoms with Crippen molar-refractivity contribution in [1.29, 1.82) is 5.26 Å². The lowest BCUT2D eigenvalue weighted by Crippen LogP contribution is -2.07. The SMILES string of the molecule is Cc1ccc(/C=C(\C#N)C(=O)OCc2csc(-c3ccccc3)n2)cc1. The molecule has 0 amide bonds. The number of nitriles is 1. The molecular weight excluding hydrogens is 344 g/mol. The Balaban J connectivity index is 1.65. The zero-order chi connectivity index (χ0) is 18.4. The van der Waals surface area contributed by atoms with E-state index in [0.29, 0.717) is 5.69 Å². The van der Waals surface area contributed by atoms with Crippen LogP contribution >= 0.6 is 11.3 Å². The van der Waals surface area contributed by atoms with Gasteiger partial charge in [0.05, 0.1) is 5.69 Å². The highest BCUT2D eigenvalue weighted by molar-refractivity contribution is 7.13. The summed E-state index contributed by atoms with van der Waals surface area (Å²) >= 11 is 1.49. The lowest BCUT2D eigenvalue weighted by molar-refractivity contribution is -0.139. The molecule has 128 valence electrons. The molecule has 0 atom stereocenters. The van der Waals surface area contributed by atoms with Crippen LogP contribution in [0.25, 0.3) is 16.6 Å². The van der Waals surface area contributed by atoms with Crippen LogP contribution in [0.2, 0.25) is 0 Å². The first-order valence-electron chi connectivity index (χ1n) is 8.01. The summed E-state index contributed by atoms with van der Waals surface area (Å²) in [6.45, 7) is 2.01. The van der Waals surface area contributed by atoms with E-state index in [1.54, 1.807) is 0 Å². The molecule has 4 nitrogen and oxygen atoms in total. The number of carbonyl (C=O) groups is 1. The summed E-state index contributed by atoms with van der Waals surface area (Å²) in [5, 5.41) is 12.0. The second-order valence-electron chi connectivity index (χ2n) is 5.67. The van der Waals surface area contributed by atoms with E-state index in [1.165, 1.54) is 17.4 Å². The van der Waals surface area contributed by atoms with E-state index in [-0.39, 0.29) is 12.2 Å². The van der Waals surface area contributed by atoms with Crippen LogP contribution in [0, 0.1) is 18.3 Å². The Hall–Kier alpha value is -3.23. The molecule has 0 N–H and O–H groups in total. The highest BCUT2D eigenvalue weighted by Gasteiger charge is 2.12. The maximum absolute atomic E-state index is 12.2. The molecule has 0 unspecified atom stereocenters. The molecule has 0 spiro atoms. The highest BCUT2D eigenvalue weighted by Crippen LogP contribution is 2.23. The van der Waals surface area contributed by atoms with Gasteiger partial charge in [-0.1, -0.05) is 60.2 Å². The number of aryl methyl sites for hydroxylation is 1. The van der Waals surface area contributed by atoms with Gasteiger partial charge in [0.2, 0.25) is 0 Å². The van der Waals surface area contributed by atoms with Crippen molar-refractivity contribution in [3.05, 3.63) is 82.4 Å². The van der Waals surface area contributed by atoms with Gasteiger partial charge in [0.25, 0.3) is 0 Å². The standard InChI is InChI=1S/C21H16N2O2S/c1-15-7-9-16(10-8-15)11-18(12-22)21(24)25-13-19-14-26-20(23-19)17-5-3-2-4-6-17/h2-11,14H,13H2,1H3/b18-11+. The average Bonchev–Trinajstić information content (AvgIpc) is 3.15. The molecule has 2 aromatic carbocycles. The molecule has 0 saturated carbocycles. The second kappa shape index (κ2) is 8.24. The molecule has 1 aromatic heterocycles. The van der Waals surface area contributed by atoms with Gasteiger partial charge >= 0.3 is 5.97 Å². The van der Waals surface area contributed by atoms with Gasteiger partial charge in [-0.15, -0.1) is 11.3 Å². The maximum Gasteiger partial charge on any atom is 0.349 e. The summed E-state index contributed by atoms with van der Waals surface area (Å²) < 4.78 is 5.24. The van der Waals surface area contributed by atoms with Crippen LogP contribution < -0.4 is 0 Å². The Morgan fingerprint density at radius 1 is 1.19 bits per heavy atom. The molecule has 0 aliphatic rings. The number of rotatable bonds is 5. The van der Waals surface area contributed by atoms with E-state index in [0.717, 1.165) is 21.7 Å². The van der Waals surface area contributed by atoms with E-state index in [9.17, 15) is 10.1 Å². The van der Waals surface area contributed by atoms with Crippen LogP contribution in [0.15, 0.2) is 65.6 Å². The van der Waals surface area contributed by atoms with Crippen LogP contribution in [0.3, 0.4) is 0 Å². The van der Waals surface area contributed by atoms with Gasteiger partial charge in [0.15, 0.2) is 0 Å². The number of thiazole rings is 1. The molecule has 0 aliphatic heterocycles. The van der Waals surface area contributed by atoms with Crippen molar-refractivity contribution in [2.24, 2.45) is 0 Å². The van der Waals surface area contributed by atoms with Crippen LogP contribution in [0.4, 0.5) is 0 Å². The highest BCUT2D eigenvalue weighted by atomic mass is 32.1. The minimum absolute atomic E-state index is 0.0348. The normalized spacial score (nSPS) is 11.0. The van der Waals surface area contributed by atoms with E-state index in [1.807, 2.05) is 73.0 Å². The van der Waals surface area contributed by atoms with E-state index in [2.05, 4.69) is 4.98 Å². The minimum atomic E-state index is -0.651. The van der Waals surface area contributed by atoms with Crippen molar-refractivity contribution in [2.45, 2.75) is 13.5 Å². The van der Waals surface area contributed by atoms with Gasteiger partial charge in [-0.05, 0) is 18.6 Å². The Morgan fingerprint density at radius 3 is 2.62 bits per heavy atom. The Bertz CT molecular complexity index is 967.